The fraction of sp³-hybridized carbons (Fsp3) is 0.545. The molecule has 0 bridgehead atoms. The van der Waals surface area contributed by atoms with E-state index in [1.165, 1.54) is 0 Å². The first-order valence-electron chi connectivity index (χ1n) is 5.65. The Morgan fingerprint density at radius 3 is 3.00 bits per heavy atom. The van der Waals surface area contributed by atoms with Gasteiger partial charge in [-0.1, -0.05) is 0 Å². The SMILES string of the molecule is Cc1cc(N2CCCC(C(=O)O)C2)nc(N)n1. The van der Waals surface area contributed by atoms with Gasteiger partial charge in [-0.3, -0.25) is 4.79 Å². The molecule has 1 aliphatic rings. The number of carboxylic acid groups (broad SMARTS) is 1. The van der Waals surface area contributed by atoms with Crippen molar-refractivity contribution in [1.82, 2.24) is 9.97 Å². The average Bonchev–Trinajstić information content (AvgIpc) is 2.28. The van der Waals surface area contributed by atoms with E-state index in [9.17, 15) is 4.79 Å². The molecule has 2 heterocycles. The number of aliphatic carboxylic acids is 1. The van der Waals surface area contributed by atoms with Gasteiger partial charge in [0.25, 0.3) is 0 Å². The van der Waals surface area contributed by atoms with E-state index in [1.807, 2.05) is 17.9 Å². The Labute approximate surface area is 99.5 Å². The van der Waals surface area contributed by atoms with Crippen molar-refractivity contribution in [3.63, 3.8) is 0 Å². The number of nitrogens with two attached hydrogens (primary N) is 1. The maximum atomic E-state index is 11.0. The molecule has 3 N–H and O–H groups in total. The van der Waals surface area contributed by atoms with E-state index < -0.39 is 5.97 Å². The predicted molar refractivity (Wildman–Crippen MR) is 63.8 cm³/mol. The highest BCUT2D eigenvalue weighted by Crippen LogP contribution is 2.22. The predicted octanol–water partition coefficient (Wildman–Crippen LogP) is 0.668. The molecule has 0 aliphatic carbocycles. The van der Waals surface area contributed by atoms with Crippen LogP contribution < -0.4 is 10.6 Å². The van der Waals surface area contributed by atoms with Crippen LogP contribution in [0.3, 0.4) is 0 Å². The van der Waals surface area contributed by atoms with Gasteiger partial charge in [-0.05, 0) is 19.8 Å². The molecule has 2 rings (SSSR count). The molecular formula is C11H16N4O2. The van der Waals surface area contributed by atoms with Crippen LogP contribution in [-0.2, 0) is 4.79 Å². The Morgan fingerprint density at radius 2 is 2.35 bits per heavy atom. The number of piperidine rings is 1. The highest BCUT2D eigenvalue weighted by atomic mass is 16.4. The second-order valence-corrected chi connectivity index (χ2v) is 4.35. The topological polar surface area (TPSA) is 92.3 Å². The summed E-state index contributed by atoms with van der Waals surface area (Å²) < 4.78 is 0. The molecule has 1 fully saturated rings. The summed E-state index contributed by atoms with van der Waals surface area (Å²) in [6.07, 6.45) is 1.59. The molecule has 17 heavy (non-hydrogen) atoms. The van der Waals surface area contributed by atoms with E-state index in [1.54, 1.807) is 0 Å². The lowest BCUT2D eigenvalue weighted by atomic mass is 9.98. The Hall–Kier alpha value is -1.85. The van der Waals surface area contributed by atoms with Crippen LogP contribution in [0.25, 0.3) is 0 Å². The third-order valence-electron chi connectivity index (χ3n) is 2.95. The summed E-state index contributed by atoms with van der Waals surface area (Å²) in [7, 11) is 0. The Bertz CT molecular complexity index is 415. The zero-order valence-electron chi connectivity index (χ0n) is 9.76. The third-order valence-corrected chi connectivity index (χ3v) is 2.95. The molecule has 1 atom stereocenters. The fourth-order valence-electron chi connectivity index (χ4n) is 2.12. The van der Waals surface area contributed by atoms with Gasteiger partial charge in [0.2, 0.25) is 5.95 Å². The van der Waals surface area contributed by atoms with Crippen LogP contribution in [0.4, 0.5) is 11.8 Å². The number of nitrogens with zero attached hydrogens (tertiary/aromatic N) is 3. The molecule has 0 amide bonds. The summed E-state index contributed by atoms with van der Waals surface area (Å²) in [5, 5.41) is 9.03. The van der Waals surface area contributed by atoms with Crippen molar-refractivity contribution in [1.29, 1.82) is 0 Å². The van der Waals surface area contributed by atoms with Crippen LogP contribution in [0.5, 0.6) is 0 Å². The lowest BCUT2D eigenvalue weighted by molar-refractivity contribution is -0.141. The third kappa shape index (κ3) is 2.64. The highest BCUT2D eigenvalue weighted by molar-refractivity contribution is 5.71. The molecule has 0 saturated carbocycles. The van der Waals surface area contributed by atoms with Crippen molar-refractivity contribution in [2.24, 2.45) is 5.92 Å². The van der Waals surface area contributed by atoms with Gasteiger partial charge in [-0.15, -0.1) is 0 Å². The Kier molecular flexibility index (Phi) is 3.12. The van der Waals surface area contributed by atoms with E-state index >= 15 is 0 Å². The van der Waals surface area contributed by atoms with Crippen molar-refractivity contribution in [2.75, 3.05) is 23.7 Å². The molecular weight excluding hydrogens is 220 g/mol. The van der Waals surface area contributed by atoms with Gasteiger partial charge >= 0.3 is 5.97 Å². The second kappa shape index (κ2) is 4.57. The number of carbonyl (C=O) groups is 1. The van der Waals surface area contributed by atoms with Crippen LogP contribution in [0.2, 0.25) is 0 Å². The van der Waals surface area contributed by atoms with Crippen LogP contribution in [0.15, 0.2) is 6.07 Å². The maximum Gasteiger partial charge on any atom is 0.308 e. The minimum atomic E-state index is -0.742. The number of carboxylic acids is 1. The van der Waals surface area contributed by atoms with E-state index in [0.29, 0.717) is 6.54 Å². The van der Waals surface area contributed by atoms with E-state index in [2.05, 4.69) is 9.97 Å². The van der Waals surface area contributed by atoms with Crippen LogP contribution in [0.1, 0.15) is 18.5 Å². The first-order valence-corrected chi connectivity index (χ1v) is 5.65. The molecule has 92 valence electrons. The van der Waals surface area contributed by atoms with Gasteiger partial charge in [-0.2, -0.15) is 4.98 Å². The first-order chi connectivity index (χ1) is 8.06. The van der Waals surface area contributed by atoms with Gasteiger partial charge in [0.05, 0.1) is 5.92 Å². The maximum absolute atomic E-state index is 11.0. The van der Waals surface area contributed by atoms with Crippen LogP contribution in [0, 0.1) is 12.8 Å². The minimum Gasteiger partial charge on any atom is -0.481 e. The number of aromatic nitrogens is 2. The lowest BCUT2D eigenvalue weighted by Crippen LogP contribution is -2.39. The molecule has 6 heteroatoms. The first kappa shape index (κ1) is 11.6. The molecule has 1 aromatic heterocycles. The van der Waals surface area contributed by atoms with Crippen molar-refractivity contribution >= 4 is 17.7 Å². The molecule has 0 spiro atoms. The zero-order chi connectivity index (χ0) is 12.4. The minimum absolute atomic E-state index is 0.234. The number of rotatable bonds is 2. The molecule has 1 saturated heterocycles. The van der Waals surface area contributed by atoms with Crippen molar-refractivity contribution in [3.8, 4) is 0 Å². The smallest absolute Gasteiger partial charge is 0.308 e. The molecule has 0 radical (unpaired) electrons. The van der Waals surface area contributed by atoms with Gasteiger partial charge in [-0.25, -0.2) is 4.98 Å². The molecule has 0 aromatic carbocycles. The van der Waals surface area contributed by atoms with E-state index in [-0.39, 0.29) is 11.9 Å². The van der Waals surface area contributed by atoms with Crippen molar-refractivity contribution < 1.29 is 9.90 Å². The summed E-state index contributed by atoms with van der Waals surface area (Å²) in [5.41, 5.74) is 6.39. The number of aryl methyl sites for hydroxylation is 1. The standard InChI is InChI=1S/C11H16N4O2/c1-7-5-9(14-11(12)13-7)15-4-2-3-8(6-15)10(16)17/h5,8H,2-4,6H2,1H3,(H,16,17)(H2,12,13,14). The highest BCUT2D eigenvalue weighted by Gasteiger charge is 2.26. The monoisotopic (exact) mass is 236 g/mol. The van der Waals surface area contributed by atoms with Gasteiger partial charge < -0.3 is 15.7 Å². The normalized spacial score (nSPS) is 20.3. The molecule has 1 unspecified atom stereocenters. The van der Waals surface area contributed by atoms with Crippen molar-refractivity contribution in [2.45, 2.75) is 19.8 Å². The average molecular weight is 236 g/mol. The van der Waals surface area contributed by atoms with Crippen molar-refractivity contribution in [3.05, 3.63) is 11.8 Å². The number of anilines is 2. The summed E-state index contributed by atoms with van der Waals surface area (Å²) in [6.45, 7) is 3.16. The molecule has 6 nitrogen and oxygen atoms in total. The Balaban J connectivity index is 2.18. The van der Waals surface area contributed by atoms with Gasteiger partial charge in [0.1, 0.15) is 5.82 Å². The number of hydrogen-bond donors (Lipinski definition) is 2. The molecule has 1 aromatic rings. The summed E-state index contributed by atoms with van der Waals surface area (Å²) >= 11 is 0. The zero-order valence-corrected chi connectivity index (χ0v) is 9.76. The van der Waals surface area contributed by atoms with Crippen LogP contribution >= 0.6 is 0 Å². The fourth-order valence-corrected chi connectivity index (χ4v) is 2.12. The summed E-state index contributed by atoms with van der Waals surface area (Å²) in [6, 6.07) is 1.83. The summed E-state index contributed by atoms with van der Waals surface area (Å²) in [4.78, 5) is 21.1. The molecule has 1 aliphatic heterocycles. The van der Waals surface area contributed by atoms with E-state index in [4.69, 9.17) is 10.8 Å². The number of hydrogen-bond acceptors (Lipinski definition) is 5. The van der Waals surface area contributed by atoms with E-state index in [0.717, 1.165) is 30.9 Å². The van der Waals surface area contributed by atoms with Gasteiger partial charge in [0, 0.05) is 24.8 Å². The largest absolute Gasteiger partial charge is 0.481 e. The van der Waals surface area contributed by atoms with Gasteiger partial charge in [0.15, 0.2) is 0 Å². The summed E-state index contributed by atoms with van der Waals surface area (Å²) in [5.74, 6) is -0.105. The van der Waals surface area contributed by atoms with Crippen LogP contribution in [-0.4, -0.2) is 34.1 Å². The lowest BCUT2D eigenvalue weighted by Gasteiger charge is -2.31. The quantitative estimate of drug-likeness (QED) is 0.784. The number of nitrogen functional groups attached to an aromatic ring is 1. The Morgan fingerprint density at radius 1 is 1.59 bits per heavy atom. The second-order valence-electron chi connectivity index (χ2n) is 4.35.